The van der Waals surface area contributed by atoms with E-state index >= 15 is 0 Å². The summed E-state index contributed by atoms with van der Waals surface area (Å²) in [6.07, 6.45) is 5.46. The lowest BCUT2D eigenvalue weighted by atomic mass is 9.86. The van der Waals surface area contributed by atoms with Crippen LogP contribution in [0.5, 0.6) is 0 Å². The van der Waals surface area contributed by atoms with Gasteiger partial charge in [0.2, 0.25) is 0 Å². The van der Waals surface area contributed by atoms with Gasteiger partial charge in [-0.3, -0.25) is 9.48 Å². The van der Waals surface area contributed by atoms with Crippen LogP contribution in [0.3, 0.4) is 0 Å². The molecule has 0 spiro atoms. The summed E-state index contributed by atoms with van der Waals surface area (Å²) in [5.41, 5.74) is 1.63. The second-order valence-corrected chi connectivity index (χ2v) is 8.05. The summed E-state index contributed by atoms with van der Waals surface area (Å²) in [6, 6.07) is 1.94. The number of ether oxygens (including phenoxy) is 2. The first-order chi connectivity index (χ1) is 12.6. The van der Waals surface area contributed by atoms with Gasteiger partial charge >= 0.3 is 0 Å². The average molecular weight is 364 g/mol. The van der Waals surface area contributed by atoms with E-state index < -0.39 is 0 Å². The van der Waals surface area contributed by atoms with Crippen LogP contribution < -0.4 is 5.32 Å². The van der Waals surface area contributed by atoms with Crippen LogP contribution in [0, 0.1) is 11.8 Å². The Hall–Kier alpha value is -1.40. The third-order valence-corrected chi connectivity index (χ3v) is 5.37. The number of rotatable bonds is 8. The molecule has 2 heterocycles. The number of hydrogen-bond acceptors (Lipinski definition) is 4. The number of aryl methyl sites for hydroxylation is 1. The van der Waals surface area contributed by atoms with E-state index in [1.807, 2.05) is 13.0 Å². The molecule has 26 heavy (non-hydrogen) atoms. The highest BCUT2D eigenvalue weighted by molar-refractivity contribution is 5.93. The molecule has 1 N–H and O–H groups in total. The van der Waals surface area contributed by atoms with Gasteiger partial charge in [-0.1, -0.05) is 20.3 Å². The molecule has 6 nitrogen and oxygen atoms in total. The molecule has 0 unspecified atom stereocenters. The third-order valence-electron chi connectivity index (χ3n) is 5.37. The number of nitrogens with zero attached hydrogens (tertiary/aromatic N) is 2. The number of nitrogens with one attached hydrogen (secondary N) is 1. The molecule has 1 saturated heterocycles. The molecule has 1 aliphatic heterocycles. The van der Waals surface area contributed by atoms with Crippen molar-refractivity contribution < 1.29 is 14.3 Å². The molecule has 1 aromatic heterocycles. The van der Waals surface area contributed by atoms with E-state index in [0.717, 1.165) is 25.1 Å². The van der Waals surface area contributed by atoms with Crippen LogP contribution >= 0.6 is 0 Å². The maximum absolute atomic E-state index is 12.9. The van der Waals surface area contributed by atoms with E-state index in [0.29, 0.717) is 37.3 Å². The summed E-state index contributed by atoms with van der Waals surface area (Å²) in [7, 11) is 0. The summed E-state index contributed by atoms with van der Waals surface area (Å²) in [5.74, 6) is 1.15. The van der Waals surface area contributed by atoms with Gasteiger partial charge in [-0.25, -0.2) is 0 Å². The van der Waals surface area contributed by atoms with Crippen molar-refractivity contribution in [3.05, 3.63) is 17.5 Å². The van der Waals surface area contributed by atoms with Crippen molar-refractivity contribution in [1.82, 2.24) is 15.1 Å². The highest BCUT2D eigenvalue weighted by Crippen LogP contribution is 2.27. The lowest BCUT2D eigenvalue weighted by molar-refractivity contribution is -0.0819. The Morgan fingerprint density at radius 1 is 1.42 bits per heavy atom. The Balaban J connectivity index is 1.61. The van der Waals surface area contributed by atoms with Crippen molar-refractivity contribution in [1.29, 1.82) is 0 Å². The van der Waals surface area contributed by atoms with Crippen LogP contribution in [0.4, 0.5) is 0 Å². The minimum Gasteiger partial charge on any atom is -0.379 e. The average Bonchev–Trinajstić information content (AvgIpc) is 2.97. The Labute approximate surface area is 156 Å². The highest BCUT2D eigenvalue weighted by atomic mass is 16.5. The first-order valence-electron chi connectivity index (χ1n) is 10.1. The first kappa shape index (κ1) is 19.4. The first-order valence-corrected chi connectivity index (χ1v) is 10.1. The van der Waals surface area contributed by atoms with Crippen molar-refractivity contribution in [2.45, 2.75) is 71.6 Å². The van der Waals surface area contributed by atoms with E-state index in [4.69, 9.17) is 9.47 Å². The predicted molar refractivity (Wildman–Crippen MR) is 100 cm³/mol. The number of aromatic nitrogens is 2. The summed E-state index contributed by atoms with van der Waals surface area (Å²) < 4.78 is 13.5. The van der Waals surface area contributed by atoms with Crippen molar-refractivity contribution in [2.75, 3.05) is 19.8 Å². The topological polar surface area (TPSA) is 65.4 Å². The van der Waals surface area contributed by atoms with Crippen LogP contribution in [0.1, 0.15) is 62.6 Å². The zero-order valence-electron chi connectivity index (χ0n) is 16.4. The van der Waals surface area contributed by atoms with Gasteiger partial charge < -0.3 is 14.8 Å². The normalized spacial score (nSPS) is 23.8. The number of amides is 1. The molecule has 2 fully saturated rings. The molecule has 2 aliphatic rings. The summed E-state index contributed by atoms with van der Waals surface area (Å²) in [4.78, 5) is 12.9. The maximum Gasteiger partial charge on any atom is 0.269 e. The molecular weight excluding hydrogens is 330 g/mol. The van der Waals surface area contributed by atoms with Crippen molar-refractivity contribution in [3.63, 3.8) is 0 Å². The Kier molecular flexibility index (Phi) is 6.70. The molecule has 1 amide bonds. The van der Waals surface area contributed by atoms with Crippen LogP contribution in [0.2, 0.25) is 0 Å². The Morgan fingerprint density at radius 2 is 2.23 bits per heavy atom. The van der Waals surface area contributed by atoms with Gasteiger partial charge in [-0.15, -0.1) is 0 Å². The highest BCUT2D eigenvalue weighted by Gasteiger charge is 2.30. The SMILES string of the molecule is CCn1nc(CC(C)C)cc1C(=O)N[C@@H]1CCOC[C@H]1OCC1CCC1. The van der Waals surface area contributed by atoms with Gasteiger partial charge in [0.05, 0.1) is 18.3 Å². The van der Waals surface area contributed by atoms with Gasteiger partial charge in [0.25, 0.3) is 5.91 Å². The van der Waals surface area contributed by atoms with Gasteiger partial charge in [-0.05, 0) is 50.5 Å². The fourth-order valence-electron chi connectivity index (χ4n) is 3.61. The number of carbonyl (C=O) groups excluding carboxylic acids is 1. The van der Waals surface area contributed by atoms with Crippen LogP contribution in [0.15, 0.2) is 6.07 Å². The fourth-order valence-corrected chi connectivity index (χ4v) is 3.61. The van der Waals surface area contributed by atoms with Crippen LogP contribution in [-0.4, -0.2) is 47.7 Å². The molecule has 6 heteroatoms. The van der Waals surface area contributed by atoms with E-state index in [1.54, 1.807) is 4.68 Å². The molecule has 3 rings (SSSR count). The molecule has 0 bridgehead atoms. The molecule has 1 aromatic rings. The summed E-state index contributed by atoms with van der Waals surface area (Å²) >= 11 is 0. The lowest BCUT2D eigenvalue weighted by Gasteiger charge is -2.34. The van der Waals surface area contributed by atoms with Gasteiger partial charge in [0.15, 0.2) is 0 Å². The minimum absolute atomic E-state index is 0.00471. The van der Waals surface area contributed by atoms with E-state index in [-0.39, 0.29) is 18.1 Å². The van der Waals surface area contributed by atoms with Crippen molar-refractivity contribution >= 4 is 5.91 Å². The van der Waals surface area contributed by atoms with E-state index in [1.165, 1.54) is 19.3 Å². The van der Waals surface area contributed by atoms with Gasteiger partial charge in [0.1, 0.15) is 11.8 Å². The molecule has 0 radical (unpaired) electrons. The Morgan fingerprint density at radius 3 is 2.88 bits per heavy atom. The lowest BCUT2D eigenvalue weighted by Crippen LogP contribution is -2.50. The number of hydrogen-bond donors (Lipinski definition) is 1. The Bertz CT molecular complexity index is 595. The third kappa shape index (κ3) is 4.86. The number of carbonyl (C=O) groups is 1. The van der Waals surface area contributed by atoms with Crippen molar-refractivity contribution in [2.24, 2.45) is 11.8 Å². The van der Waals surface area contributed by atoms with Gasteiger partial charge in [-0.2, -0.15) is 5.10 Å². The monoisotopic (exact) mass is 363 g/mol. The smallest absolute Gasteiger partial charge is 0.269 e. The molecule has 1 aliphatic carbocycles. The molecule has 2 atom stereocenters. The second-order valence-electron chi connectivity index (χ2n) is 8.05. The van der Waals surface area contributed by atoms with E-state index in [2.05, 4.69) is 24.3 Å². The summed E-state index contributed by atoms with van der Waals surface area (Å²) in [6.45, 7) is 9.04. The van der Waals surface area contributed by atoms with Gasteiger partial charge in [0, 0.05) is 19.8 Å². The fraction of sp³-hybridized carbons (Fsp3) is 0.800. The summed E-state index contributed by atoms with van der Waals surface area (Å²) in [5, 5.41) is 7.76. The molecule has 146 valence electrons. The largest absolute Gasteiger partial charge is 0.379 e. The molecule has 0 aromatic carbocycles. The zero-order chi connectivity index (χ0) is 18.5. The quantitative estimate of drug-likeness (QED) is 0.771. The zero-order valence-corrected chi connectivity index (χ0v) is 16.4. The predicted octanol–water partition coefficient (Wildman–Crippen LogP) is 2.81. The second kappa shape index (κ2) is 9.00. The van der Waals surface area contributed by atoms with Crippen LogP contribution in [0.25, 0.3) is 0 Å². The minimum atomic E-state index is -0.0569. The van der Waals surface area contributed by atoms with Crippen molar-refractivity contribution in [3.8, 4) is 0 Å². The standard InChI is InChI=1S/C20H33N3O3/c1-4-23-18(11-16(22-23)10-14(2)3)20(24)21-17-8-9-25-13-19(17)26-12-15-6-5-7-15/h11,14-15,17,19H,4-10,12-13H2,1-3H3,(H,21,24)/t17-,19-/m1/s1. The molecular formula is C20H33N3O3. The maximum atomic E-state index is 12.9. The van der Waals surface area contributed by atoms with E-state index in [9.17, 15) is 4.79 Å². The van der Waals surface area contributed by atoms with Crippen LogP contribution in [-0.2, 0) is 22.4 Å². The molecule has 1 saturated carbocycles.